The van der Waals surface area contributed by atoms with Crippen molar-refractivity contribution in [2.75, 3.05) is 19.8 Å². The van der Waals surface area contributed by atoms with E-state index in [0.717, 1.165) is 25.7 Å². The number of ether oxygens (including phenoxy) is 1. The van der Waals surface area contributed by atoms with Crippen LogP contribution in [-0.4, -0.2) is 57.9 Å². The van der Waals surface area contributed by atoms with Gasteiger partial charge in [0, 0.05) is 13.2 Å². The minimum Gasteiger partial charge on any atom is -0.379 e. The minimum absolute atomic E-state index is 0.00391. The Hall–Kier alpha value is -2.30. The molecule has 2 atom stereocenters. The normalized spacial score (nSPS) is 20.0. The van der Waals surface area contributed by atoms with Gasteiger partial charge in [-0.1, -0.05) is 44.9 Å². The van der Waals surface area contributed by atoms with Crippen molar-refractivity contribution in [3.8, 4) is 0 Å². The molecule has 0 aliphatic carbocycles. The molecule has 0 aromatic heterocycles. The van der Waals surface area contributed by atoms with Crippen LogP contribution < -0.4 is 15.4 Å². The van der Waals surface area contributed by atoms with E-state index in [0.29, 0.717) is 13.2 Å². The van der Waals surface area contributed by atoms with Crippen LogP contribution in [0.5, 0.6) is 0 Å². The van der Waals surface area contributed by atoms with Gasteiger partial charge in [-0.25, -0.2) is 8.42 Å². The van der Waals surface area contributed by atoms with Crippen LogP contribution in [0.15, 0.2) is 35.2 Å². The SMILES string of the molecule is CC(C)CC(NS(=O)(=O)c1ccccc1)C(=O)NC1COCCCCCCNC(=O)C1=O. The third-order valence-corrected chi connectivity index (χ3v) is 6.50. The lowest BCUT2D eigenvalue weighted by Gasteiger charge is -2.24. The highest BCUT2D eigenvalue weighted by Gasteiger charge is 2.32. The van der Waals surface area contributed by atoms with Crippen LogP contribution in [0.3, 0.4) is 0 Å². The van der Waals surface area contributed by atoms with E-state index in [1.165, 1.54) is 12.1 Å². The maximum Gasteiger partial charge on any atom is 0.289 e. The molecule has 1 aliphatic heterocycles. The van der Waals surface area contributed by atoms with E-state index in [1.807, 2.05) is 13.8 Å². The van der Waals surface area contributed by atoms with Gasteiger partial charge >= 0.3 is 0 Å². The summed E-state index contributed by atoms with van der Waals surface area (Å²) in [5, 5.41) is 5.10. The van der Waals surface area contributed by atoms with E-state index in [1.54, 1.807) is 18.2 Å². The highest BCUT2D eigenvalue weighted by molar-refractivity contribution is 7.89. The first kappa shape index (κ1) is 26.0. The van der Waals surface area contributed by atoms with Gasteiger partial charge in [0.05, 0.1) is 11.5 Å². The Kier molecular flexibility index (Phi) is 10.3. The predicted molar refractivity (Wildman–Crippen MR) is 119 cm³/mol. The molecule has 0 spiro atoms. The van der Waals surface area contributed by atoms with Crippen LogP contribution in [0, 0.1) is 5.92 Å². The van der Waals surface area contributed by atoms with Crippen molar-refractivity contribution in [3.63, 3.8) is 0 Å². The average molecular weight is 468 g/mol. The Bertz CT molecular complexity index is 873. The van der Waals surface area contributed by atoms with Gasteiger partial charge in [0.25, 0.3) is 5.91 Å². The van der Waals surface area contributed by atoms with Gasteiger partial charge in [-0.15, -0.1) is 0 Å². The fraction of sp³-hybridized carbons (Fsp3) is 0.591. The van der Waals surface area contributed by atoms with Crippen LogP contribution in [0.1, 0.15) is 46.0 Å². The number of hydrogen-bond donors (Lipinski definition) is 3. The Morgan fingerprint density at radius 1 is 1.12 bits per heavy atom. The maximum atomic E-state index is 13.0. The lowest BCUT2D eigenvalue weighted by atomic mass is 10.0. The van der Waals surface area contributed by atoms with Crippen LogP contribution >= 0.6 is 0 Å². The Balaban J connectivity index is 2.16. The highest BCUT2D eigenvalue weighted by Crippen LogP contribution is 2.12. The molecule has 178 valence electrons. The molecular formula is C22H33N3O6S. The fourth-order valence-electron chi connectivity index (χ4n) is 3.32. The number of nitrogens with one attached hydrogen (secondary N) is 3. The van der Waals surface area contributed by atoms with Crippen molar-refractivity contribution in [2.45, 2.75) is 62.9 Å². The molecular weight excluding hydrogens is 434 g/mol. The molecule has 1 saturated heterocycles. The first-order valence-electron chi connectivity index (χ1n) is 11.0. The van der Waals surface area contributed by atoms with E-state index in [9.17, 15) is 22.8 Å². The van der Waals surface area contributed by atoms with Crippen molar-refractivity contribution < 1.29 is 27.5 Å². The zero-order valence-electron chi connectivity index (χ0n) is 18.6. The summed E-state index contributed by atoms with van der Waals surface area (Å²) in [7, 11) is -3.95. The van der Waals surface area contributed by atoms with E-state index in [-0.39, 0.29) is 23.8 Å². The maximum absolute atomic E-state index is 13.0. The van der Waals surface area contributed by atoms with Gasteiger partial charge in [-0.05, 0) is 37.3 Å². The number of ketones is 1. The fourth-order valence-corrected chi connectivity index (χ4v) is 4.55. The van der Waals surface area contributed by atoms with Crippen molar-refractivity contribution in [1.29, 1.82) is 0 Å². The van der Waals surface area contributed by atoms with Crippen molar-refractivity contribution in [1.82, 2.24) is 15.4 Å². The van der Waals surface area contributed by atoms with Crippen molar-refractivity contribution in [3.05, 3.63) is 30.3 Å². The Morgan fingerprint density at radius 2 is 1.81 bits per heavy atom. The number of hydrogen-bond acceptors (Lipinski definition) is 6. The molecule has 3 N–H and O–H groups in total. The van der Waals surface area contributed by atoms with Gasteiger partial charge in [0.15, 0.2) is 0 Å². The molecule has 2 amide bonds. The molecule has 1 aromatic carbocycles. The zero-order chi connectivity index (χ0) is 23.6. The topological polar surface area (TPSA) is 131 Å². The number of carbonyl (C=O) groups is 3. The summed E-state index contributed by atoms with van der Waals surface area (Å²) in [6, 6.07) is 5.42. The van der Waals surface area contributed by atoms with Crippen molar-refractivity contribution >= 4 is 27.6 Å². The summed E-state index contributed by atoms with van der Waals surface area (Å²) in [5.41, 5.74) is 0. The molecule has 1 fully saturated rings. The standard InChI is InChI=1S/C22H33N3O6S/c1-16(2)14-18(25-32(29,30)17-10-6-5-7-11-17)21(27)24-19-15-31-13-9-4-3-8-12-23-22(28)20(19)26/h5-7,10-11,16,18-19,25H,3-4,8-9,12-15H2,1-2H3,(H,23,28)(H,24,27). The minimum atomic E-state index is -3.95. The summed E-state index contributed by atoms with van der Waals surface area (Å²) in [6.45, 7) is 4.36. The second kappa shape index (κ2) is 12.7. The first-order chi connectivity index (χ1) is 15.2. The molecule has 10 heteroatoms. The summed E-state index contributed by atoms with van der Waals surface area (Å²) < 4.78 is 33.4. The van der Waals surface area contributed by atoms with E-state index < -0.39 is 39.7 Å². The molecule has 1 heterocycles. The highest BCUT2D eigenvalue weighted by atomic mass is 32.2. The van der Waals surface area contributed by atoms with Gasteiger partial charge < -0.3 is 15.4 Å². The summed E-state index contributed by atoms with van der Waals surface area (Å²) in [5.74, 6) is -2.28. The number of rotatable bonds is 7. The van der Waals surface area contributed by atoms with E-state index in [4.69, 9.17) is 4.74 Å². The number of sulfonamides is 1. The van der Waals surface area contributed by atoms with Crippen LogP contribution in [-0.2, 0) is 29.1 Å². The second-order valence-electron chi connectivity index (χ2n) is 8.29. The van der Waals surface area contributed by atoms with Crippen LogP contribution in [0.4, 0.5) is 0 Å². The molecule has 0 radical (unpaired) electrons. The quantitative estimate of drug-likeness (QED) is 0.516. The average Bonchev–Trinajstić information content (AvgIpc) is 2.75. The first-order valence-corrected chi connectivity index (χ1v) is 12.5. The number of carbonyl (C=O) groups excluding carboxylic acids is 3. The van der Waals surface area contributed by atoms with Gasteiger partial charge in [0.1, 0.15) is 12.1 Å². The van der Waals surface area contributed by atoms with Crippen LogP contribution in [0.2, 0.25) is 0 Å². The molecule has 9 nitrogen and oxygen atoms in total. The summed E-state index contributed by atoms with van der Waals surface area (Å²) in [6.07, 6.45) is 3.66. The molecule has 2 unspecified atom stereocenters. The Morgan fingerprint density at radius 3 is 2.50 bits per heavy atom. The summed E-state index contributed by atoms with van der Waals surface area (Å²) >= 11 is 0. The monoisotopic (exact) mass is 467 g/mol. The molecule has 1 aromatic rings. The van der Waals surface area contributed by atoms with Gasteiger partial charge in [-0.3, -0.25) is 14.4 Å². The molecule has 2 rings (SSSR count). The van der Waals surface area contributed by atoms with Gasteiger partial charge in [0.2, 0.25) is 21.7 Å². The number of amides is 2. The third-order valence-electron chi connectivity index (χ3n) is 5.02. The number of benzene rings is 1. The van der Waals surface area contributed by atoms with Crippen LogP contribution in [0.25, 0.3) is 0 Å². The lowest BCUT2D eigenvalue weighted by molar-refractivity contribution is -0.141. The van der Waals surface area contributed by atoms with E-state index >= 15 is 0 Å². The summed E-state index contributed by atoms with van der Waals surface area (Å²) in [4.78, 5) is 37.8. The van der Waals surface area contributed by atoms with Gasteiger partial charge in [-0.2, -0.15) is 4.72 Å². The largest absolute Gasteiger partial charge is 0.379 e. The number of Topliss-reactive ketones (excluding diaryl/α,β-unsaturated/α-hetero) is 1. The van der Waals surface area contributed by atoms with Crippen molar-refractivity contribution in [2.24, 2.45) is 5.92 Å². The molecule has 0 saturated carbocycles. The zero-order valence-corrected chi connectivity index (χ0v) is 19.4. The molecule has 32 heavy (non-hydrogen) atoms. The predicted octanol–water partition coefficient (Wildman–Crippen LogP) is 1.14. The molecule has 1 aliphatic rings. The van der Waals surface area contributed by atoms with E-state index in [2.05, 4.69) is 15.4 Å². The Labute approximate surface area is 189 Å². The smallest absolute Gasteiger partial charge is 0.289 e. The molecule has 0 bridgehead atoms. The third kappa shape index (κ3) is 8.33. The second-order valence-corrected chi connectivity index (χ2v) is 10.0. The lowest BCUT2D eigenvalue weighted by Crippen LogP contribution is -2.55.